The van der Waals surface area contributed by atoms with Gasteiger partial charge in [0, 0.05) is 6.07 Å². The molecule has 176 valence electrons. The zero-order valence-corrected chi connectivity index (χ0v) is 20.4. The van der Waals surface area contributed by atoms with Crippen molar-refractivity contribution in [3.05, 3.63) is 95.1 Å². The van der Waals surface area contributed by atoms with E-state index in [4.69, 9.17) is 4.74 Å². The maximum absolute atomic E-state index is 11.4. The van der Waals surface area contributed by atoms with Gasteiger partial charge in [0.2, 0.25) is 0 Å². The van der Waals surface area contributed by atoms with Crippen LogP contribution in [0.25, 0.3) is 0 Å². The Balaban J connectivity index is 0.000000321. The van der Waals surface area contributed by atoms with E-state index in [-0.39, 0.29) is 11.3 Å². The molecular weight excluding hydrogens is 412 g/mol. The average molecular weight is 449 g/mol. The summed E-state index contributed by atoms with van der Waals surface area (Å²) in [6.07, 6.45) is 2.34. The van der Waals surface area contributed by atoms with E-state index in [0.29, 0.717) is 24.2 Å². The van der Waals surface area contributed by atoms with E-state index < -0.39 is 5.97 Å². The smallest absolute Gasteiger partial charge is 0.341 e. The van der Waals surface area contributed by atoms with Gasteiger partial charge in [-0.3, -0.25) is 0 Å². The van der Waals surface area contributed by atoms with Crippen molar-refractivity contribution in [3.8, 4) is 11.5 Å². The van der Waals surface area contributed by atoms with Crippen LogP contribution >= 0.6 is 0 Å². The van der Waals surface area contributed by atoms with Gasteiger partial charge in [0.1, 0.15) is 23.7 Å². The molecule has 33 heavy (non-hydrogen) atoms. The van der Waals surface area contributed by atoms with E-state index in [9.17, 15) is 9.90 Å². The van der Waals surface area contributed by atoms with Gasteiger partial charge in [0.15, 0.2) is 0 Å². The number of carbonyl (C=O) groups excluding carboxylic acids is 1. The summed E-state index contributed by atoms with van der Waals surface area (Å²) in [5.74, 6) is 1.03. The summed E-state index contributed by atoms with van der Waals surface area (Å²) in [4.78, 5) is 11.4. The van der Waals surface area contributed by atoms with Crippen molar-refractivity contribution in [2.75, 3.05) is 7.11 Å². The summed E-state index contributed by atoms with van der Waals surface area (Å²) >= 11 is 0. The van der Waals surface area contributed by atoms with E-state index in [1.807, 2.05) is 12.1 Å². The molecule has 0 amide bonds. The molecule has 3 rings (SSSR count). The van der Waals surface area contributed by atoms with Crippen LogP contribution < -0.4 is 4.74 Å². The first-order chi connectivity index (χ1) is 15.9. The molecule has 0 aliphatic heterocycles. The predicted octanol–water partition coefficient (Wildman–Crippen LogP) is 7.47. The van der Waals surface area contributed by atoms with Crippen LogP contribution in [-0.4, -0.2) is 18.2 Å². The first-order valence-electron chi connectivity index (χ1n) is 11.6. The van der Waals surface area contributed by atoms with Crippen LogP contribution in [0.2, 0.25) is 0 Å². The summed E-state index contributed by atoms with van der Waals surface area (Å²) in [5.41, 5.74) is 3.94. The van der Waals surface area contributed by atoms with Crippen LogP contribution in [0.1, 0.15) is 79.4 Å². The van der Waals surface area contributed by atoms with Crippen LogP contribution in [0, 0.1) is 0 Å². The van der Waals surface area contributed by atoms with E-state index in [1.54, 1.807) is 6.07 Å². The van der Waals surface area contributed by atoms with E-state index >= 15 is 0 Å². The minimum Gasteiger partial charge on any atom is -0.507 e. The number of phenols is 1. The summed E-state index contributed by atoms with van der Waals surface area (Å²) in [7, 11) is 1.27. The number of phenolic OH excluding ortho intramolecular Hbond substituents is 1. The number of aromatic hydroxyl groups is 1. The highest BCUT2D eigenvalue weighted by atomic mass is 16.5. The molecule has 2 atom stereocenters. The summed E-state index contributed by atoms with van der Waals surface area (Å²) in [5, 5.41) is 9.83. The van der Waals surface area contributed by atoms with Crippen molar-refractivity contribution in [2.45, 2.75) is 59.0 Å². The lowest BCUT2D eigenvalue weighted by Gasteiger charge is -2.11. The molecule has 3 aromatic rings. The second kappa shape index (κ2) is 13.3. The molecular formula is C29H36O4. The average Bonchev–Trinajstić information content (AvgIpc) is 2.87. The van der Waals surface area contributed by atoms with Crippen LogP contribution in [0.5, 0.6) is 11.5 Å². The Bertz CT molecular complexity index is 980. The molecule has 0 spiro atoms. The standard InChI is InChI=1S/C19H22O4.C10H14/c1-4-13(2)15-7-5-14(6-8-15)12-23-16-9-10-17(18(20)11-16)19(21)22-3;1-3-9(2)10-7-5-4-6-8-10/h5-11,13,20H,4,12H2,1-3H3;4-9H,3H2,1-2H3. The quantitative estimate of drug-likeness (QED) is 0.363. The third kappa shape index (κ3) is 7.98. The van der Waals surface area contributed by atoms with Gasteiger partial charge in [-0.1, -0.05) is 82.3 Å². The number of ether oxygens (including phenoxy) is 2. The molecule has 0 saturated heterocycles. The second-order valence-electron chi connectivity index (χ2n) is 8.23. The maximum Gasteiger partial charge on any atom is 0.341 e. The molecule has 0 aliphatic carbocycles. The van der Waals surface area contributed by atoms with E-state index in [0.717, 1.165) is 12.0 Å². The Morgan fingerprint density at radius 2 is 1.42 bits per heavy atom. The molecule has 2 unspecified atom stereocenters. The normalized spacial score (nSPS) is 12.2. The highest BCUT2D eigenvalue weighted by molar-refractivity contribution is 5.92. The predicted molar refractivity (Wildman–Crippen MR) is 134 cm³/mol. The molecule has 4 heteroatoms. The summed E-state index contributed by atoms with van der Waals surface area (Å²) in [6.45, 7) is 9.26. The molecule has 3 aromatic carbocycles. The first kappa shape index (κ1) is 26.0. The van der Waals surface area contributed by atoms with Crippen molar-refractivity contribution >= 4 is 5.97 Å². The maximum atomic E-state index is 11.4. The van der Waals surface area contributed by atoms with E-state index in [2.05, 4.69) is 74.9 Å². The fourth-order valence-electron chi connectivity index (χ4n) is 3.25. The molecule has 0 saturated carbocycles. The number of hydrogen-bond donors (Lipinski definition) is 1. The largest absolute Gasteiger partial charge is 0.507 e. The highest BCUT2D eigenvalue weighted by Gasteiger charge is 2.12. The third-order valence-electron chi connectivity index (χ3n) is 5.92. The summed E-state index contributed by atoms with van der Waals surface area (Å²) in [6, 6.07) is 23.5. The Morgan fingerprint density at radius 3 is 1.94 bits per heavy atom. The first-order valence-corrected chi connectivity index (χ1v) is 11.6. The van der Waals surface area contributed by atoms with Crippen molar-refractivity contribution in [1.82, 2.24) is 0 Å². The molecule has 0 fully saturated rings. The van der Waals surface area contributed by atoms with Crippen LogP contribution in [0.15, 0.2) is 72.8 Å². The Labute approximate surface area is 198 Å². The fourth-order valence-corrected chi connectivity index (χ4v) is 3.25. The lowest BCUT2D eigenvalue weighted by molar-refractivity contribution is 0.0597. The molecule has 4 nitrogen and oxygen atoms in total. The number of methoxy groups -OCH3 is 1. The van der Waals surface area contributed by atoms with Gasteiger partial charge < -0.3 is 14.6 Å². The fraction of sp³-hybridized carbons (Fsp3) is 0.345. The Morgan fingerprint density at radius 1 is 0.848 bits per heavy atom. The zero-order chi connectivity index (χ0) is 24.2. The zero-order valence-electron chi connectivity index (χ0n) is 20.4. The van der Waals surface area contributed by atoms with Crippen molar-refractivity contribution in [2.24, 2.45) is 0 Å². The van der Waals surface area contributed by atoms with Crippen LogP contribution in [0.4, 0.5) is 0 Å². The molecule has 1 N–H and O–H groups in total. The monoisotopic (exact) mass is 448 g/mol. The lowest BCUT2D eigenvalue weighted by atomic mass is 9.98. The summed E-state index contributed by atoms with van der Waals surface area (Å²) < 4.78 is 10.2. The van der Waals surface area contributed by atoms with Gasteiger partial charge in [0.25, 0.3) is 0 Å². The Kier molecular flexibility index (Phi) is 10.5. The number of rotatable bonds is 8. The van der Waals surface area contributed by atoms with Gasteiger partial charge in [-0.25, -0.2) is 4.79 Å². The molecule has 0 bridgehead atoms. The van der Waals surface area contributed by atoms with Crippen molar-refractivity contribution in [1.29, 1.82) is 0 Å². The van der Waals surface area contributed by atoms with Crippen LogP contribution in [-0.2, 0) is 11.3 Å². The highest BCUT2D eigenvalue weighted by Crippen LogP contribution is 2.25. The lowest BCUT2D eigenvalue weighted by Crippen LogP contribution is -2.02. The number of hydrogen-bond acceptors (Lipinski definition) is 4. The minimum absolute atomic E-state index is 0.123. The van der Waals surface area contributed by atoms with Gasteiger partial charge in [-0.15, -0.1) is 0 Å². The van der Waals surface area contributed by atoms with Crippen molar-refractivity contribution in [3.63, 3.8) is 0 Å². The molecule has 0 heterocycles. The van der Waals surface area contributed by atoms with Gasteiger partial charge in [0.05, 0.1) is 7.11 Å². The van der Waals surface area contributed by atoms with E-state index in [1.165, 1.54) is 36.8 Å². The van der Waals surface area contributed by atoms with Crippen LogP contribution in [0.3, 0.4) is 0 Å². The molecule has 0 aromatic heterocycles. The molecule has 0 radical (unpaired) electrons. The number of esters is 1. The Hall–Kier alpha value is -3.27. The third-order valence-corrected chi connectivity index (χ3v) is 5.92. The topological polar surface area (TPSA) is 55.8 Å². The minimum atomic E-state index is -0.574. The molecule has 0 aliphatic rings. The SMILES string of the molecule is CCC(C)c1ccc(COc2ccc(C(=O)OC)c(O)c2)cc1.CCC(C)c1ccccc1. The van der Waals surface area contributed by atoms with Crippen molar-refractivity contribution < 1.29 is 19.4 Å². The number of carbonyl (C=O) groups is 1. The van der Waals surface area contributed by atoms with Gasteiger partial charge >= 0.3 is 5.97 Å². The van der Waals surface area contributed by atoms with Gasteiger partial charge in [-0.05, 0) is 53.5 Å². The number of benzene rings is 3. The second-order valence-corrected chi connectivity index (χ2v) is 8.23. The van der Waals surface area contributed by atoms with Gasteiger partial charge in [-0.2, -0.15) is 0 Å².